The van der Waals surface area contributed by atoms with Gasteiger partial charge in [-0.15, -0.1) is 0 Å². The predicted octanol–water partition coefficient (Wildman–Crippen LogP) is 3.04. The van der Waals surface area contributed by atoms with Crippen molar-refractivity contribution in [2.45, 2.75) is 26.1 Å². The van der Waals surface area contributed by atoms with Gasteiger partial charge in [-0.1, -0.05) is 12.1 Å². The second-order valence-corrected chi connectivity index (χ2v) is 5.90. The molecule has 1 heterocycles. The van der Waals surface area contributed by atoms with Crippen LogP contribution in [0.15, 0.2) is 48.5 Å². The number of carbonyl (C=O) groups is 1. The first kappa shape index (κ1) is 16.2. The van der Waals surface area contributed by atoms with E-state index in [4.69, 9.17) is 14.2 Å². The molecule has 0 bridgehead atoms. The highest BCUT2D eigenvalue weighted by atomic mass is 16.6. The zero-order valence-electron chi connectivity index (χ0n) is 13.8. The van der Waals surface area contributed by atoms with Crippen LogP contribution in [-0.4, -0.2) is 31.3 Å². The van der Waals surface area contributed by atoms with Crippen molar-refractivity contribution < 1.29 is 19.0 Å². The molecule has 2 aromatic carbocycles. The maximum atomic E-state index is 12.2. The number of nitrogens with one attached hydrogen (secondary N) is 1. The minimum Gasteiger partial charge on any atom is -0.491 e. The summed E-state index contributed by atoms with van der Waals surface area (Å²) >= 11 is 0. The standard InChI is InChI=1S/C19H21NO4/c1-13(2)23-15-9-7-14(8-10-15)19(21)20-11-16-12-22-17-5-3-4-6-18(17)24-16/h3-10,13,16H,11-12H2,1-2H3,(H,20,21)/t16-/m1/s1. The number of carbonyl (C=O) groups excluding carboxylic acids is 1. The summed E-state index contributed by atoms with van der Waals surface area (Å²) in [7, 11) is 0. The van der Waals surface area contributed by atoms with Crippen molar-refractivity contribution in [1.82, 2.24) is 5.32 Å². The zero-order chi connectivity index (χ0) is 16.9. The third-order valence-corrected chi connectivity index (χ3v) is 3.55. The number of hydrogen-bond acceptors (Lipinski definition) is 4. The molecular weight excluding hydrogens is 306 g/mol. The largest absolute Gasteiger partial charge is 0.491 e. The van der Waals surface area contributed by atoms with Gasteiger partial charge in [0, 0.05) is 5.56 Å². The fourth-order valence-corrected chi connectivity index (χ4v) is 2.43. The van der Waals surface area contributed by atoms with Crippen LogP contribution in [0.5, 0.6) is 17.2 Å². The molecular formula is C19H21NO4. The molecule has 5 heteroatoms. The average Bonchev–Trinajstić information content (AvgIpc) is 2.59. The number of amides is 1. The first-order valence-electron chi connectivity index (χ1n) is 8.05. The van der Waals surface area contributed by atoms with Crippen LogP contribution < -0.4 is 19.5 Å². The lowest BCUT2D eigenvalue weighted by Gasteiger charge is -2.26. The molecule has 0 saturated carbocycles. The van der Waals surface area contributed by atoms with Crippen LogP contribution in [0.2, 0.25) is 0 Å². The van der Waals surface area contributed by atoms with Gasteiger partial charge in [-0.2, -0.15) is 0 Å². The highest BCUT2D eigenvalue weighted by Gasteiger charge is 2.21. The first-order valence-corrected chi connectivity index (χ1v) is 8.05. The summed E-state index contributed by atoms with van der Waals surface area (Å²) in [5, 5.41) is 2.87. The van der Waals surface area contributed by atoms with Gasteiger partial charge in [0.1, 0.15) is 18.5 Å². The summed E-state index contributed by atoms with van der Waals surface area (Å²) in [5.41, 5.74) is 0.586. The lowest BCUT2D eigenvalue weighted by molar-refractivity contribution is 0.0789. The van der Waals surface area contributed by atoms with Crippen molar-refractivity contribution >= 4 is 5.91 Å². The minimum atomic E-state index is -0.201. The molecule has 1 aliphatic heterocycles. The van der Waals surface area contributed by atoms with Crippen LogP contribution in [0.1, 0.15) is 24.2 Å². The van der Waals surface area contributed by atoms with Crippen molar-refractivity contribution in [3.63, 3.8) is 0 Å². The molecule has 24 heavy (non-hydrogen) atoms. The molecule has 126 valence electrons. The minimum absolute atomic E-state index is 0.107. The lowest BCUT2D eigenvalue weighted by atomic mass is 10.2. The Bertz CT molecular complexity index is 697. The van der Waals surface area contributed by atoms with Gasteiger partial charge in [0.05, 0.1) is 12.6 Å². The Kier molecular flexibility index (Phi) is 4.89. The SMILES string of the molecule is CC(C)Oc1ccc(C(=O)NC[C@@H]2COc3ccccc3O2)cc1. The Morgan fingerprint density at radius 3 is 2.58 bits per heavy atom. The van der Waals surface area contributed by atoms with Gasteiger partial charge in [0.2, 0.25) is 0 Å². The van der Waals surface area contributed by atoms with Gasteiger partial charge in [-0.25, -0.2) is 0 Å². The summed E-state index contributed by atoms with van der Waals surface area (Å²) in [6.45, 7) is 4.73. The topological polar surface area (TPSA) is 56.8 Å². The highest BCUT2D eigenvalue weighted by Crippen LogP contribution is 2.30. The summed E-state index contributed by atoms with van der Waals surface area (Å²) in [6.07, 6.45) is -0.0941. The van der Waals surface area contributed by atoms with Crippen molar-refractivity contribution in [1.29, 1.82) is 0 Å². The zero-order valence-corrected chi connectivity index (χ0v) is 13.8. The van der Waals surface area contributed by atoms with E-state index in [0.29, 0.717) is 24.5 Å². The molecule has 0 saturated heterocycles. The maximum absolute atomic E-state index is 12.2. The Morgan fingerprint density at radius 2 is 1.88 bits per heavy atom. The fourth-order valence-electron chi connectivity index (χ4n) is 2.43. The van der Waals surface area contributed by atoms with Crippen molar-refractivity contribution in [3.8, 4) is 17.2 Å². The van der Waals surface area contributed by atoms with Crippen molar-refractivity contribution in [2.24, 2.45) is 0 Å². The van der Waals surface area contributed by atoms with E-state index in [9.17, 15) is 4.79 Å². The van der Waals surface area contributed by atoms with E-state index in [1.165, 1.54) is 0 Å². The molecule has 0 unspecified atom stereocenters. The Balaban J connectivity index is 1.52. The predicted molar refractivity (Wildman–Crippen MR) is 90.9 cm³/mol. The Morgan fingerprint density at radius 1 is 1.17 bits per heavy atom. The molecule has 0 fully saturated rings. The molecule has 0 aliphatic carbocycles. The normalized spacial score (nSPS) is 15.9. The van der Waals surface area contributed by atoms with E-state index in [1.54, 1.807) is 24.3 Å². The van der Waals surface area contributed by atoms with E-state index in [-0.39, 0.29) is 18.1 Å². The van der Waals surface area contributed by atoms with Gasteiger partial charge in [0.25, 0.3) is 5.91 Å². The molecule has 2 aromatic rings. The molecule has 0 aromatic heterocycles. The molecule has 1 aliphatic rings. The second kappa shape index (κ2) is 7.25. The number of fused-ring (bicyclic) bond motifs is 1. The summed E-state index contributed by atoms with van der Waals surface area (Å²) in [6, 6.07) is 14.6. The van der Waals surface area contributed by atoms with E-state index in [2.05, 4.69) is 5.32 Å². The third kappa shape index (κ3) is 3.98. The Hall–Kier alpha value is -2.69. The molecule has 0 radical (unpaired) electrons. The summed E-state index contributed by atoms with van der Waals surface area (Å²) < 4.78 is 17.0. The van der Waals surface area contributed by atoms with E-state index < -0.39 is 0 Å². The molecule has 1 atom stereocenters. The van der Waals surface area contributed by atoms with Crippen molar-refractivity contribution in [3.05, 3.63) is 54.1 Å². The van der Waals surface area contributed by atoms with Gasteiger partial charge in [-0.3, -0.25) is 4.79 Å². The number of para-hydroxylation sites is 2. The highest BCUT2D eigenvalue weighted by molar-refractivity contribution is 5.94. The third-order valence-electron chi connectivity index (χ3n) is 3.55. The lowest BCUT2D eigenvalue weighted by Crippen LogP contribution is -2.40. The Labute approximate surface area is 141 Å². The van der Waals surface area contributed by atoms with Gasteiger partial charge in [0.15, 0.2) is 11.5 Å². The van der Waals surface area contributed by atoms with Crippen LogP contribution in [0, 0.1) is 0 Å². The fraction of sp³-hybridized carbons (Fsp3) is 0.316. The van der Waals surface area contributed by atoms with Gasteiger partial charge >= 0.3 is 0 Å². The van der Waals surface area contributed by atoms with E-state index in [1.807, 2.05) is 38.1 Å². The van der Waals surface area contributed by atoms with Crippen LogP contribution in [0.4, 0.5) is 0 Å². The molecule has 1 N–H and O–H groups in total. The first-order chi connectivity index (χ1) is 11.6. The number of rotatable bonds is 5. The molecule has 0 spiro atoms. The number of benzene rings is 2. The monoisotopic (exact) mass is 327 g/mol. The molecule has 5 nitrogen and oxygen atoms in total. The molecule has 3 rings (SSSR count). The van der Waals surface area contributed by atoms with Crippen LogP contribution in [0.3, 0.4) is 0 Å². The van der Waals surface area contributed by atoms with Crippen LogP contribution in [-0.2, 0) is 0 Å². The molecule has 1 amide bonds. The summed E-state index contributed by atoms with van der Waals surface area (Å²) in [5.74, 6) is 2.05. The van der Waals surface area contributed by atoms with E-state index >= 15 is 0 Å². The van der Waals surface area contributed by atoms with Crippen molar-refractivity contribution in [2.75, 3.05) is 13.2 Å². The summed E-state index contributed by atoms with van der Waals surface area (Å²) in [4.78, 5) is 12.2. The number of ether oxygens (including phenoxy) is 3. The van der Waals surface area contributed by atoms with Crippen LogP contribution >= 0.6 is 0 Å². The van der Waals surface area contributed by atoms with Gasteiger partial charge < -0.3 is 19.5 Å². The second-order valence-electron chi connectivity index (χ2n) is 5.90. The number of hydrogen-bond donors (Lipinski definition) is 1. The average molecular weight is 327 g/mol. The smallest absolute Gasteiger partial charge is 0.251 e. The van der Waals surface area contributed by atoms with Gasteiger partial charge in [-0.05, 0) is 50.2 Å². The van der Waals surface area contributed by atoms with Crippen LogP contribution in [0.25, 0.3) is 0 Å². The maximum Gasteiger partial charge on any atom is 0.251 e. The quantitative estimate of drug-likeness (QED) is 0.917. The van der Waals surface area contributed by atoms with E-state index in [0.717, 1.165) is 11.5 Å².